The summed E-state index contributed by atoms with van der Waals surface area (Å²) in [6.07, 6.45) is 2.25. The monoisotopic (exact) mass is 281 g/mol. The molecule has 0 fully saturated rings. The molecule has 0 aliphatic heterocycles. The molecule has 0 saturated heterocycles. The van der Waals surface area contributed by atoms with E-state index in [9.17, 15) is 0 Å². The number of hydrogen-bond donors (Lipinski definition) is 1. The van der Waals surface area contributed by atoms with Crippen LogP contribution in [0.25, 0.3) is 0 Å². The summed E-state index contributed by atoms with van der Waals surface area (Å²) in [7, 11) is 0. The molecule has 0 amide bonds. The average Bonchev–Trinajstić information content (AvgIpc) is 2.45. The Balaban J connectivity index is 2.64. The fourth-order valence-corrected chi connectivity index (χ4v) is 2.54. The van der Waals surface area contributed by atoms with Crippen molar-refractivity contribution in [2.75, 3.05) is 24.7 Å². The normalized spacial score (nSPS) is 12.4. The molecule has 0 spiro atoms. The third-order valence-electron chi connectivity index (χ3n) is 3.03. The van der Waals surface area contributed by atoms with Gasteiger partial charge in [0.1, 0.15) is 5.75 Å². The SMILES string of the molecule is CCCNC(CC)c1ccccc1OCCSCC. The van der Waals surface area contributed by atoms with Crippen molar-refractivity contribution < 1.29 is 4.74 Å². The van der Waals surface area contributed by atoms with E-state index in [4.69, 9.17) is 4.74 Å². The molecule has 0 heterocycles. The zero-order valence-electron chi connectivity index (χ0n) is 12.4. The van der Waals surface area contributed by atoms with Gasteiger partial charge in [0, 0.05) is 17.4 Å². The number of nitrogens with one attached hydrogen (secondary N) is 1. The summed E-state index contributed by atoms with van der Waals surface area (Å²) in [5.41, 5.74) is 1.29. The lowest BCUT2D eigenvalue weighted by Gasteiger charge is -2.20. The van der Waals surface area contributed by atoms with Crippen LogP contribution in [-0.2, 0) is 0 Å². The fraction of sp³-hybridized carbons (Fsp3) is 0.625. The predicted octanol–water partition coefficient (Wildman–Crippen LogP) is 4.27. The standard InChI is InChI=1S/C16H27NOS/c1-4-11-17-15(5-2)14-9-7-8-10-16(14)18-12-13-19-6-3/h7-10,15,17H,4-6,11-13H2,1-3H3. The van der Waals surface area contributed by atoms with E-state index in [1.54, 1.807) is 0 Å². The lowest BCUT2D eigenvalue weighted by molar-refractivity contribution is 0.334. The van der Waals surface area contributed by atoms with Gasteiger partial charge in [-0.3, -0.25) is 0 Å². The van der Waals surface area contributed by atoms with Crippen molar-refractivity contribution in [2.45, 2.75) is 39.7 Å². The summed E-state index contributed by atoms with van der Waals surface area (Å²) in [5, 5.41) is 3.59. The summed E-state index contributed by atoms with van der Waals surface area (Å²) >= 11 is 1.92. The lowest BCUT2D eigenvalue weighted by Crippen LogP contribution is -2.22. The highest BCUT2D eigenvalue weighted by Gasteiger charge is 2.13. The van der Waals surface area contributed by atoms with Crippen LogP contribution < -0.4 is 10.1 Å². The Morgan fingerprint density at radius 3 is 2.68 bits per heavy atom. The van der Waals surface area contributed by atoms with Crippen molar-refractivity contribution in [2.24, 2.45) is 0 Å². The van der Waals surface area contributed by atoms with E-state index in [1.807, 2.05) is 11.8 Å². The lowest BCUT2D eigenvalue weighted by atomic mass is 10.0. The Morgan fingerprint density at radius 2 is 2.00 bits per heavy atom. The molecule has 0 saturated carbocycles. The van der Waals surface area contributed by atoms with Crippen LogP contribution in [0.5, 0.6) is 5.75 Å². The number of para-hydroxylation sites is 1. The van der Waals surface area contributed by atoms with Crippen LogP contribution in [0.3, 0.4) is 0 Å². The van der Waals surface area contributed by atoms with Gasteiger partial charge in [-0.25, -0.2) is 0 Å². The van der Waals surface area contributed by atoms with E-state index in [0.717, 1.165) is 43.2 Å². The number of rotatable bonds is 10. The molecule has 1 aromatic rings. The van der Waals surface area contributed by atoms with Gasteiger partial charge in [-0.1, -0.05) is 39.0 Å². The zero-order valence-corrected chi connectivity index (χ0v) is 13.3. The molecule has 19 heavy (non-hydrogen) atoms. The molecule has 0 aliphatic rings. The van der Waals surface area contributed by atoms with E-state index >= 15 is 0 Å². The molecule has 2 nitrogen and oxygen atoms in total. The summed E-state index contributed by atoms with van der Waals surface area (Å²) < 4.78 is 5.94. The van der Waals surface area contributed by atoms with Crippen LogP contribution in [-0.4, -0.2) is 24.7 Å². The molecule has 0 bridgehead atoms. The van der Waals surface area contributed by atoms with E-state index < -0.39 is 0 Å². The molecule has 1 rings (SSSR count). The molecule has 1 N–H and O–H groups in total. The van der Waals surface area contributed by atoms with Gasteiger partial charge < -0.3 is 10.1 Å². The predicted molar refractivity (Wildman–Crippen MR) is 86.3 cm³/mol. The minimum atomic E-state index is 0.398. The fourth-order valence-electron chi connectivity index (χ4n) is 2.05. The Hall–Kier alpha value is -0.670. The highest BCUT2D eigenvalue weighted by molar-refractivity contribution is 7.99. The van der Waals surface area contributed by atoms with Crippen molar-refractivity contribution in [3.8, 4) is 5.75 Å². The molecule has 108 valence electrons. The second-order valence-corrected chi connectivity index (χ2v) is 5.89. The van der Waals surface area contributed by atoms with Gasteiger partial charge in [0.25, 0.3) is 0 Å². The molecule has 1 aromatic carbocycles. The maximum Gasteiger partial charge on any atom is 0.124 e. The molecular formula is C16H27NOS. The van der Waals surface area contributed by atoms with Gasteiger partial charge in [-0.15, -0.1) is 0 Å². The van der Waals surface area contributed by atoms with E-state index in [-0.39, 0.29) is 0 Å². The topological polar surface area (TPSA) is 21.3 Å². The molecule has 1 unspecified atom stereocenters. The van der Waals surface area contributed by atoms with Crippen LogP contribution in [0.4, 0.5) is 0 Å². The quantitative estimate of drug-likeness (QED) is 0.647. The summed E-state index contributed by atoms with van der Waals surface area (Å²) in [4.78, 5) is 0. The maximum atomic E-state index is 5.94. The molecule has 0 aliphatic carbocycles. The van der Waals surface area contributed by atoms with Gasteiger partial charge >= 0.3 is 0 Å². The third kappa shape index (κ3) is 5.87. The van der Waals surface area contributed by atoms with Gasteiger partial charge in [0.15, 0.2) is 0 Å². The van der Waals surface area contributed by atoms with Crippen molar-refractivity contribution >= 4 is 11.8 Å². The highest BCUT2D eigenvalue weighted by Crippen LogP contribution is 2.27. The van der Waals surface area contributed by atoms with Crippen molar-refractivity contribution in [3.05, 3.63) is 29.8 Å². The Morgan fingerprint density at radius 1 is 1.21 bits per heavy atom. The Bertz CT molecular complexity index is 343. The zero-order chi connectivity index (χ0) is 13.9. The number of ether oxygens (including phenoxy) is 1. The molecular weight excluding hydrogens is 254 g/mol. The molecule has 3 heteroatoms. The maximum absolute atomic E-state index is 5.94. The Kier molecular flexibility index (Phi) is 8.76. The minimum Gasteiger partial charge on any atom is -0.492 e. The second kappa shape index (κ2) is 10.2. The number of thioether (sulfide) groups is 1. The third-order valence-corrected chi connectivity index (χ3v) is 3.90. The largest absolute Gasteiger partial charge is 0.492 e. The van der Waals surface area contributed by atoms with Gasteiger partial charge in [-0.2, -0.15) is 11.8 Å². The first-order valence-electron chi connectivity index (χ1n) is 7.36. The summed E-state index contributed by atoms with van der Waals surface area (Å²) in [5.74, 6) is 3.25. The summed E-state index contributed by atoms with van der Waals surface area (Å²) in [6, 6.07) is 8.81. The Labute approximate surface area is 122 Å². The highest BCUT2D eigenvalue weighted by atomic mass is 32.2. The van der Waals surface area contributed by atoms with E-state index in [0.29, 0.717) is 6.04 Å². The number of hydrogen-bond acceptors (Lipinski definition) is 3. The van der Waals surface area contributed by atoms with Crippen LogP contribution in [0.1, 0.15) is 45.2 Å². The van der Waals surface area contributed by atoms with Gasteiger partial charge in [0.2, 0.25) is 0 Å². The number of benzene rings is 1. The first-order chi connectivity index (χ1) is 9.33. The van der Waals surface area contributed by atoms with Gasteiger partial charge in [-0.05, 0) is 31.2 Å². The van der Waals surface area contributed by atoms with Crippen molar-refractivity contribution in [3.63, 3.8) is 0 Å². The van der Waals surface area contributed by atoms with Crippen LogP contribution >= 0.6 is 11.8 Å². The first kappa shape index (κ1) is 16.4. The molecule has 0 radical (unpaired) electrons. The van der Waals surface area contributed by atoms with Crippen molar-refractivity contribution in [1.29, 1.82) is 0 Å². The smallest absolute Gasteiger partial charge is 0.124 e. The van der Waals surface area contributed by atoms with Crippen LogP contribution in [0.2, 0.25) is 0 Å². The minimum absolute atomic E-state index is 0.398. The molecule has 0 aromatic heterocycles. The second-order valence-electron chi connectivity index (χ2n) is 4.50. The van der Waals surface area contributed by atoms with Gasteiger partial charge in [0.05, 0.1) is 6.61 Å². The summed E-state index contributed by atoms with van der Waals surface area (Å²) in [6.45, 7) is 8.44. The van der Waals surface area contributed by atoms with Crippen LogP contribution in [0.15, 0.2) is 24.3 Å². The average molecular weight is 281 g/mol. The first-order valence-corrected chi connectivity index (χ1v) is 8.51. The van der Waals surface area contributed by atoms with E-state index in [2.05, 4.69) is 50.4 Å². The molecule has 1 atom stereocenters. The van der Waals surface area contributed by atoms with Crippen molar-refractivity contribution in [1.82, 2.24) is 5.32 Å². The van der Waals surface area contributed by atoms with E-state index in [1.165, 1.54) is 5.56 Å². The van der Waals surface area contributed by atoms with Crippen LogP contribution in [0, 0.1) is 0 Å².